The molecular formula is C13H9BrClFIN. The van der Waals surface area contributed by atoms with Crippen LogP contribution in [0.3, 0.4) is 0 Å². The maximum atomic E-state index is 13.9. The van der Waals surface area contributed by atoms with Crippen LogP contribution in [0.1, 0.15) is 17.2 Å². The van der Waals surface area contributed by atoms with Gasteiger partial charge in [-0.1, -0.05) is 23.7 Å². The van der Waals surface area contributed by atoms with Gasteiger partial charge in [0.2, 0.25) is 0 Å². The van der Waals surface area contributed by atoms with Crippen LogP contribution in [-0.4, -0.2) is 0 Å². The Morgan fingerprint density at radius 2 is 1.83 bits per heavy atom. The summed E-state index contributed by atoms with van der Waals surface area (Å²) in [5, 5.41) is 0.451. The molecule has 2 aromatic carbocycles. The van der Waals surface area contributed by atoms with Gasteiger partial charge >= 0.3 is 0 Å². The molecule has 0 radical (unpaired) electrons. The molecule has 2 N–H and O–H groups in total. The van der Waals surface area contributed by atoms with Crippen LogP contribution in [0, 0.1) is 9.39 Å². The highest BCUT2D eigenvalue weighted by Gasteiger charge is 2.15. The van der Waals surface area contributed by atoms with Gasteiger partial charge in [0.25, 0.3) is 0 Å². The zero-order valence-corrected chi connectivity index (χ0v) is 13.6. The third-order valence-electron chi connectivity index (χ3n) is 2.60. The number of halogens is 4. The monoisotopic (exact) mass is 439 g/mol. The molecule has 0 aliphatic heterocycles. The molecule has 1 nitrogen and oxygen atoms in total. The molecule has 0 heterocycles. The molecule has 0 aliphatic carbocycles. The van der Waals surface area contributed by atoms with Crippen LogP contribution in [-0.2, 0) is 0 Å². The number of hydrogen-bond donors (Lipinski definition) is 1. The van der Waals surface area contributed by atoms with Crippen molar-refractivity contribution < 1.29 is 4.39 Å². The first kappa shape index (κ1) is 14.2. The van der Waals surface area contributed by atoms with Crippen LogP contribution in [0.2, 0.25) is 5.02 Å². The van der Waals surface area contributed by atoms with Crippen molar-refractivity contribution in [1.29, 1.82) is 0 Å². The second kappa shape index (κ2) is 5.86. The van der Waals surface area contributed by atoms with Crippen LogP contribution in [0.5, 0.6) is 0 Å². The van der Waals surface area contributed by atoms with E-state index in [9.17, 15) is 4.39 Å². The van der Waals surface area contributed by atoms with Crippen molar-refractivity contribution in [3.8, 4) is 0 Å². The van der Waals surface area contributed by atoms with E-state index >= 15 is 0 Å². The van der Waals surface area contributed by atoms with Crippen molar-refractivity contribution in [3.05, 3.63) is 66.4 Å². The Bertz CT molecular complexity index is 574. The maximum absolute atomic E-state index is 13.9. The Labute approximate surface area is 132 Å². The van der Waals surface area contributed by atoms with Gasteiger partial charge in [0.15, 0.2) is 0 Å². The Morgan fingerprint density at radius 1 is 1.22 bits per heavy atom. The first-order chi connectivity index (χ1) is 8.49. The molecule has 2 aromatic rings. The zero-order valence-electron chi connectivity index (χ0n) is 9.13. The second-order valence-electron chi connectivity index (χ2n) is 3.82. The summed E-state index contributed by atoms with van der Waals surface area (Å²) in [6, 6.07) is 10.0. The van der Waals surface area contributed by atoms with Gasteiger partial charge in [-0.3, -0.25) is 0 Å². The van der Waals surface area contributed by atoms with Crippen molar-refractivity contribution in [2.75, 3.05) is 0 Å². The minimum absolute atomic E-state index is 0.364. The highest BCUT2D eigenvalue weighted by atomic mass is 127. The molecule has 1 atom stereocenters. The number of hydrogen-bond acceptors (Lipinski definition) is 1. The van der Waals surface area contributed by atoms with E-state index in [1.807, 2.05) is 24.3 Å². The molecule has 0 fully saturated rings. The van der Waals surface area contributed by atoms with Crippen LogP contribution in [0.15, 0.2) is 40.9 Å². The van der Waals surface area contributed by atoms with E-state index in [4.69, 9.17) is 17.3 Å². The SMILES string of the molecule is NC(c1ccc(I)cc1)c1cc(Cl)c(Br)cc1F. The summed E-state index contributed by atoms with van der Waals surface area (Å²) in [5.74, 6) is -0.364. The predicted molar refractivity (Wildman–Crippen MR) is 84.3 cm³/mol. The normalized spacial score (nSPS) is 12.5. The van der Waals surface area contributed by atoms with Gasteiger partial charge in [-0.2, -0.15) is 0 Å². The summed E-state index contributed by atoms with van der Waals surface area (Å²) in [5.41, 5.74) is 7.32. The second-order valence-corrected chi connectivity index (χ2v) is 6.32. The lowest BCUT2D eigenvalue weighted by Crippen LogP contribution is -2.13. The first-order valence-electron chi connectivity index (χ1n) is 5.14. The fourth-order valence-corrected chi connectivity index (χ4v) is 2.47. The van der Waals surface area contributed by atoms with E-state index < -0.39 is 6.04 Å². The fraction of sp³-hybridized carbons (Fsp3) is 0.0769. The number of rotatable bonds is 2. The third-order valence-corrected chi connectivity index (χ3v) is 4.52. The third kappa shape index (κ3) is 3.04. The summed E-state index contributed by atoms with van der Waals surface area (Å²) >= 11 is 11.4. The van der Waals surface area contributed by atoms with E-state index in [-0.39, 0.29) is 5.82 Å². The molecule has 5 heteroatoms. The van der Waals surface area contributed by atoms with Crippen molar-refractivity contribution >= 4 is 50.1 Å². The van der Waals surface area contributed by atoms with E-state index in [2.05, 4.69) is 38.5 Å². The molecule has 94 valence electrons. The van der Waals surface area contributed by atoms with Gasteiger partial charge in [0.05, 0.1) is 11.1 Å². The average molecular weight is 440 g/mol. The van der Waals surface area contributed by atoms with Gasteiger partial charge in [0, 0.05) is 13.6 Å². The lowest BCUT2D eigenvalue weighted by molar-refractivity contribution is 0.599. The van der Waals surface area contributed by atoms with Crippen molar-refractivity contribution in [3.63, 3.8) is 0 Å². The summed E-state index contributed by atoms with van der Waals surface area (Å²) in [6.45, 7) is 0. The lowest BCUT2D eigenvalue weighted by Gasteiger charge is -2.14. The van der Waals surface area contributed by atoms with Gasteiger partial charge in [-0.05, 0) is 68.3 Å². The van der Waals surface area contributed by atoms with Crippen LogP contribution < -0.4 is 5.73 Å². The summed E-state index contributed by atoms with van der Waals surface area (Å²) in [6.07, 6.45) is 0. The Kier molecular flexibility index (Phi) is 4.64. The highest BCUT2D eigenvalue weighted by molar-refractivity contribution is 14.1. The quantitative estimate of drug-likeness (QED) is 0.522. The minimum atomic E-state index is -0.521. The van der Waals surface area contributed by atoms with Crippen LogP contribution >= 0.6 is 50.1 Å². The Morgan fingerprint density at radius 3 is 2.44 bits per heavy atom. The molecule has 0 spiro atoms. The smallest absolute Gasteiger partial charge is 0.129 e. The van der Waals surface area contributed by atoms with Crippen LogP contribution in [0.4, 0.5) is 4.39 Å². The molecule has 0 amide bonds. The van der Waals surface area contributed by atoms with Gasteiger partial charge in [-0.15, -0.1) is 0 Å². The summed E-state index contributed by atoms with van der Waals surface area (Å²) < 4.78 is 15.5. The lowest BCUT2D eigenvalue weighted by atomic mass is 9.99. The molecule has 0 aliphatic rings. The zero-order chi connectivity index (χ0) is 13.3. The number of nitrogens with two attached hydrogens (primary N) is 1. The van der Waals surface area contributed by atoms with Gasteiger partial charge in [0.1, 0.15) is 5.82 Å². The molecule has 0 aromatic heterocycles. The van der Waals surface area contributed by atoms with E-state index in [1.165, 1.54) is 6.07 Å². The van der Waals surface area contributed by atoms with Crippen molar-refractivity contribution in [2.24, 2.45) is 5.73 Å². The largest absolute Gasteiger partial charge is 0.320 e. The van der Waals surface area contributed by atoms with Crippen LogP contribution in [0.25, 0.3) is 0 Å². The predicted octanol–water partition coefficient (Wildman–Crippen LogP) is 4.89. The van der Waals surface area contributed by atoms with E-state index in [0.29, 0.717) is 15.1 Å². The van der Waals surface area contributed by atoms with Gasteiger partial charge < -0.3 is 5.73 Å². The van der Waals surface area contributed by atoms with E-state index in [0.717, 1.165) is 9.13 Å². The maximum Gasteiger partial charge on any atom is 0.129 e. The number of benzene rings is 2. The topological polar surface area (TPSA) is 26.0 Å². The summed E-state index contributed by atoms with van der Waals surface area (Å²) in [4.78, 5) is 0. The van der Waals surface area contributed by atoms with Crippen molar-refractivity contribution in [2.45, 2.75) is 6.04 Å². The Hall–Kier alpha value is -0.170. The average Bonchev–Trinajstić information content (AvgIpc) is 2.34. The minimum Gasteiger partial charge on any atom is -0.320 e. The molecule has 2 rings (SSSR count). The highest BCUT2D eigenvalue weighted by Crippen LogP contribution is 2.30. The fourth-order valence-electron chi connectivity index (χ4n) is 1.63. The molecule has 1 unspecified atom stereocenters. The first-order valence-corrected chi connectivity index (χ1v) is 7.39. The van der Waals surface area contributed by atoms with E-state index in [1.54, 1.807) is 6.07 Å². The Balaban J connectivity index is 2.42. The van der Waals surface area contributed by atoms with Crippen molar-refractivity contribution in [1.82, 2.24) is 0 Å². The molecule has 0 saturated heterocycles. The molecule has 18 heavy (non-hydrogen) atoms. The molecule has 0 bridgehead atoms. The molecular weight excluding hydrogens is 431 g/mol. The standard InChI is InChI=1S/C13H9BrClFIN/c14-10-6-12(16)9(5-11(10)15)13(18)7-1-3-8(17)4-2-7/h1-6,13H,18H2. The summed E-state index contributed by atoms with van der Waals surface area (Å²) in [7, 11) is 0. The molecule has 0 saturated carbocycles. The van der Waals surface area contributed by atoms with Gasteiger partial charge in [-0.25, -0.2) is 4.39 Å².